The number of nitrogens with zero attached hydrogens (tertiary/aromatic N) is 6. The second kappa shape index (κ2) is 11.4. The number of aryl methyl sites for hydroxylation is 1. The van der Waals surface area contributed by atoms with E-state index in [1.165, 1.54) is 12.8 Å². The van der Waals surface area contributed by atoms with E-state index in [2.05, 4.69) is 68.2 Å². The summed E-state index contributed by atoms with van der Waals surface area (Å²) in [6, 6.07) is 11.4. The number of amides is 2. The minimum atomic E-state index is -0.0290. The lowest BCUT2D eigenvalue weighted by molar-refractivity contribution is -0.134. The lowest BCUT2D eigenvalue weighted by atomic mass is 9.94. The molecule has 2 amide bonds. The number of rotatable bonds is 8. The van der Waals surface area contributed by atoms with Crippen molar-refractivity contribution in [2.75, 3.05) is 37.7 Å². The van der Waals surface area contributed by atoms with Gasteiger partial charge in [-0.15, -0.1) is 10.2 Å². The molecule has 5 rings (SSSR count). The summed E-state index contributed by atoms with van der Waals surface area (Å²) in [5.41, 5.74) is 1.16. The molecular weight excluding hydrogens is 478 g/mol. The van der Waals surface area contributed by atoms with Crippen molar-refractivity contribution >= 4 is 11.8 Å². The molecule has 3 fully saturated rings. The molecule has 0 saturated carbocycles. The van der Waals surface area contributed by atoms with Gasteiger partial charge >= 0.3 is 0 Å². The van der Waals surface area contributed by atoms with Gasteiger partial charge in [0.2, 0.25) is 11.8 Å². The number of hydrogen-bond acceptors (Lipinski definition) is 6. The van der Waals surface area contributed by atoms with Crippen molar-refractivity contribution in [3.05, 3.63) is 47.5 Å². The third kappa shape index (κ3) is 5.58. The Bertz CT molecular complexity index is 1100. The first-order valence-electron chi connectivity index (χ1n) is 14.4. The highest BCUT2D eigenvalue weighted by Crippen LogP contribution is 2.32. The van der Waals surface area contributed by atoms with Crippen molar-refractivity contribution in [2.24, 2.45) is 5.92 Å². The number of aromatic nitrogens is 3. The molecule has 3 saturated heterocycles. The number of carbonyl (C=O) groups is 2. The summed E-state index contributed by atoms with van der Waals surface area (Å²) in [7, 11) is 0. The Labute approximate surface area is 226 Å². The molecule has 3 atom stereocenters. The van der Waals surface area contributed by atoms with E-state index in [0.717, 1.165) is 56.1 Å². The van der Waals surface area contributed by atoms with Crippen LogP contribution < -0.4 is 10.3 Å². The van der Waals surface area contributed by atoms with Crippen LogP contribution in [0.1, 0.15) is 82.0 Å². The first-order chi connectivity index (χ1) is 18.3. The zero-order chi connectivity index (χ0) is 26.8. The molecule has 38 heavy (non-hydrogen) atoms. The van der Waals surface area contributed by atoms with Gasteiger partial charge in [-0.1, -0.05) is 44.2 Å². The second-order valence-electron chi connectivity index (χ2n) is 11.6. The van der Waals surface area contributed by atoms with Crippen molar-refractivity contribution in [3.63, 3.8) is 0 Å². The molecule has 3 aliphatic rings. The Morgan fingerprint density at radius 2 is 1.66 bits per heavy atom. The second-order valence-corrected chi connectivity index (χ2v) is 11.6. The Hall–Kier alpha value is -2.94. The lowest BCUT2D eigenvalue weighted by Crippen LogP contribution is -2.58. The fourth-order valence-corrected chi connectivity index (χ4v) is 6.61. The predicted octanol–water partition coefficient (Wildman–Crippen LogP) is 3.00. The van der Waals surface area contributed by atoms with Crippen LogP contribution >= 0.6 is 0 Å². The van der Waals surface area contributed by atoms with Gasteiger partial charge in [-0.2, -0.15) is 0 Å². The highest BCUT2D eigenvalue weighted by atomic mass is 16.2. The van der Waals surface area contributed by atoms with Gasteiger partial charge in [0.25, 0.3) is 0 Å². The molecule has 1 aromatic heterocycles. The van der Waals surface area contributed by atoms with Crippen LogP contribution in [-0.2, 0) is 9.59 Å². The van der Waals surface area contributed by atoms with E-state index >= 15 is 0 Å². The van der Waals surface area contributed by atoms with Crippen molar-refractivity contribution in [1.82, 2.24) is 30.0 Å². The highest BCUT2D eigenvalue weighted by Gasteiger charge is 2.41. The summed E-state index contributed by atoms with van der Waals surface area (Å²) in [4.78, 5) is 29.5. The molecule has 9 nitrogen and oxygen atoms in total. The third-order valence-corrected chi connectivity index (χ3v) is 8.74. The van der Waals surface area contributed by atoms with Crippen molar-refractivity contribution in [3.8, 4) is 0 Å². The minimum Gasteiger partial charge on any atom is -0.349 e. The average Bonchev–Trinajstić information content (AvgIpc) is 3.42. The Morgan fingerprint density at radius 1 is 1.00 bits per heavy atom. The standard InChI is InChI=1S/C29H43N7O2/c1-20(2)28-32-31-21(3)36(28)34-18-25-10-11-26(19-34)35(25)17-14-27(23-8-6-5-7-9-23)30-29(38)24-12-15-33(16-13-24)22(4)37/h5-9,20,24-27H,10-19H2,1-4H3,(H,30,38). The number of fused-ring (bicyclic) bond motifs is 2. The quantitative estimate of drug-likeness (QED) is 0.575. The van der Waals surface area contributed by atoms with Crippen LogP contribution in [0.25, 0.3) is 0 Å². The molecule has 206 valence electrons. The maximum Gasteiger partial charge on any atom is 0.223 e. The van der Waals surface area contributed by atoms with Gasteiger partial charge in [0, 0.05) is 50.5 Å². The maximum absolute atomic E-state index is 13.3. The number of hydrogen-bond donors (Lipinski definition) is 1. The summed E-state index contributed by atoms with van der Waals surface area (Å²) >= 11 is 0. The summed E-state index contributed by atoms with van der Waals surface area (Å²) in [6.07, 6.45) is 4.77. The molecule has 1 N–H and O–H groups in total. The van der Waals surface area contributed by atoms with Crippen molar-refractivity contribution in [2.45, 2.75) is 83.8 Å². The van der Waals surface area contributed by atoms with Gasteiger partial charge in [0.15, 0.2) is 5.82 Å². The van der Waals surface area contributed by atoms with Crippen molar-refractivity contribution < 1.29 is 9.59 Å². The van der Waals surface area contributed by atoms with E-state index in [-0.39, 0.29) is 23.8 Å². The smallest absolute Gasteiger partial charge is 0.223 e. The molecule has 0 radical (unpaired) electrons. The lowest BCUT2D eigenvalue weighted by Gasteiger charge is -2.43. The van der Waals surface area contributed by atoms with E-state index < -0.39 is 0 Å². The molecule has 9 heteroatoms. The first-order valence-corrected chi connectivity index (χ1v) is 14.4. The summed E-state index contributed by atoms with van der Waals surface area (Å²) in [5.74, 6) is 2.52. The Kier molecular flexibility index (Phi) is 8.02. The van der Waals surface area contributed by atoms with Gasteiger partial charge in [0.05, 0.1) is 19.1 Å². The van der Waals surface area contributed by atoms with E-state index in [4.69, 9.17) is 0 Å². The third-order valence-electron chi connectivity index (χ3n) is 8.74. The van der Waals surface area contributed by atoms with E-state index in [1.54, 1.807) is 6.92 Å². The fourth-order valence-electron chi connectivity index (χ4n) is 6.61. The molecule has 3 aliphatic heterocycles. The van der Waals surface area contributed by atoms with Crippen LogP contribution in [0.2, 0.25) is 0 Å². The number of likely N-dealkylation sites (tertiary alicyclic amines) is 1. The highest BCUT2D eigenvalue weighted by molar-refractivity contribution is 5.80. The molecule has 4 heterocycles. The number of piperazine rings is 1. The van der Waals surface area contributed by atoms with E-state index in [0.29, 0.717) is 31.1 Å². The van der Waals surface area contributed by atoms with Crippen LogP contribution in [0.5, 0.6) is 0 Å². The van der Waals surface area contributed by atoms with Crippen LogP contribution in [0.4, 0.5) is 0 Å². The predicted molar refractivity (Wildman–Crippen MR) is 147 cm³/mol. The molecule has 2 bridgehead atoms. The van der Waals surface area contributed by atoms with Gasteiger partial charge in [-0.05, 0) is 44.6 Å². The molecule has 0 aliphatic carbocycles. The van der Waals surface area contributed by atoms with Gasteiger partial charge in [0.1, 0.15) is 5.82 Å². The topological polar surface area (TPSA) is 86.6 Å². The number of piperidine rings is 1. The number of nitrogens with one attached hydrogen (secondary N) is 1. The van der Waals surface area contributed by atoms with Crippen LogP contribution in [0.15, 0.2) is 30.3 Å². The summed E-state index contributed by atoms with van der Waals surface area (Å²) in [6.45, 7) is 12.3. The van der Waals surface area contributed by atoms with Crippen LogP contribution in [0.3, 0.4) is 0 Å². The number of benzene rings is 1. The summed E-state index contributed by atoms with van der Waals surface area (Å²) < 4.78 is 2.25. The monoisotopic (exact) mass is 521 g/mol. The fraction of sp³-hybridized carbons (Fsp3) is 0.655. The Balaban J connectivity index is 1.23. The molecule has 1 aromatic carbocycles. The molecule has 3 unspecified atom stereocenters. The molecule has 0 spiro atoms. The van der Waals surface area contributed by atoms with E-state index in [1.807, 2.05) is 17.9 Å². The first kappa shape index (κ1) is 26.7. The SMILES string of the molecule is CC(=O)N1CCC(C(=O)NC(CCN2C3CCC2CN(n2c(C)nnc2C(C)C)C3)c2ccccc2)CC1. The molecular formula is C29H43N7O2. The summed E-state index contributed by atoms with van der Waals surface area (Å²) in [5, 5.41) is 14.7. The zero-order valence-corrected chi connectivity index (χ0v) is 23.3. The van der Waals surface area contributed by atoms with Gasteiger partial charge < -0.3 is 15.2 Å². The normalized spacial score (nSPS) is 23.2. The Morgan fingerprint density at radius 3 is 2.26 bits per heavy atom. The van der Waals surface area contributed by atoms with Gasteiger partial charge in [-0.25, -0.2) is 4.68 Å². The van der Waals surface area contributed by atoms with Crippen LogP contribution in [-0.4, -0.2) is 81.3 Å². The molecule has 2 aromatic rings. The van der Waals surface area contributed by atoms with Crippen molar-refractivity contribution in [1.29, 1.82) is 0 Å². The number of carbonyl (C=O) groups excluding carboxylic acids is 2. The zero-order valence-electron chi connectivity index (χ0n) is 23.3. The largest absolute Gasteiger partial charge is 0.349 e. The average molecular weight is 522 g/mol. The minimum absolute atomic E-state index is 0.0143. The van der Waals surface area contributed by atoms with Gasteiger partial charge in [-0.3, -0.25) is 14.5 Å². The maximum atomic E-state index is 13.3. The van der Waals surface area contributed by atoms with Crippen LogP contribution in [0, 0.1) is 12.8 Å². The van der Waals surface area contributed by atoms with E-state index in [9.17, 15) is 9.59 Å².